The van der Waals surface area contributed by atoms with E-state index in [0.717, 1.165) is 11.1 Å². The van der Waals surface area contributed by atoms with E-state index in [1.165, 1.54) is 12.3 Å². The summed E-state index contributed by atoms with van der Waals surface area (Å²) in [5.74, 6) is -0.406. The summed E-state index contributed by atoms with van der Waals surface area (Å²) < 4.78 is 28.6. The molecule has 0 fully saturated rings. The molecule has 1 heterocycles. The number of carbonyl (C=O) groups excluding carboxylic acids is 1. The zero-order valence-electron chi connectivity index (χ0n) is 15.9. The minimum atomic E-state index is -3.85. The minimum absolute atomic E-state index is 0.0623. The molecule has 0 aliphatic carbocycles. The van der Waals surface area contributed by atoms with E-state index in [4.69, 9.17) is 0 Å². The third kappa shape index (κ3) is 4.20. The van der Waals surface area contributed by atoms with Crippen molar-refractivity contribution in [3.05, 3.63) is 83.2 Å². The number of hydrogen-bond donors (Lipinski definition) is 2. The van der Waals surface area contributed by atoms with E-state index >= 15 is 0 Å². The number of amides is 1. The summed E-state index contributed by atoms with van der Waals surface area (Å²) >= 11 is 0. The van der Waals surface area contributed by atoms with Gasteiger partial charge in [0.15, 0.2) is 0 Å². The third-order valence-corrected chi connectivity index (χ3v) is 6.02. The lowest BCUT2D eigenvalue weighted by Crippen LogP contribution is -2.17. The lowest BCUT2D eigenvalue weighted by molar-refractivity contribution is 0.102. The highest BCUT2D eigenvalue weighted by atomic mass is 32.2. The number of pyridine rings is 1. The van der Waals surface area contributed by atoms with Crippen LogP contribution in [0.3, 0.4) is 0 Å². The third-order valence-electron chi connectivity index (χ3n) is 4.51. The highest BCUT2D eigenvalue weighted by Gasteiger charge is 2.20. The Bertz CT molecular complexity index is 1130. The van der Waals surface area contributed by atoms with Crippen LogP contribution in [-0.4, -0.2) is 19.3 Å². The van der Waals surface area contributed by atoms with Gasteiger partial charge >= 0.3 is 0 Å². The average Bonchev–Trinajstić information content (AvgIpc) is 2.66. The Labute approximate surface area is 164 Å². The number of anilines is 2. The molecular weight excluding hydrogens is 374 g/mol. The molecule has 1 aromatic heterocycles. The monoisotopic (exact) mass is 395 g/mol. The molecule has 3 aromatic rings. The van der Waals surface area contributed by atoms with E-state index < -0.39 is 15.9 Å². The van der Waals surface area contributed by atoms with E-state index in [1.807, 2.05) is 19.9 Å². The normalized spacial score (nSPS) is 11.1. The largest absolute Gasteiger partial charge is 0.321 e. The van der Waals surface area contributed by atoms with Crippen LogP contribution >= 0.6 is 0 Å². The van der Waals surface area contributed by atoms with Crippen molar-refractivity contribution in [2.45, 2.75) is 25.7 Å². The molecule has 0 spiro atoms. The molecule has 144 valence electrons. The number of nitrogens with one attached hydrogen (secondary N) is 2. The van der Waals surface area contributed by atoms with Crippen molar-refractivity contribution in [2.75, 3.05) is 10.0 Å². The highest BCUT2D eigenvalue weighted by molar-refractivity contribution is 7.92. The van der Waals surface area contributed by atoms with Gasteiger partial charge < -0.3 is 5.32 Å². The Morgan fingerprint density at radius 1 is 0.964 bits per heavy atom. The molecule has 0 unspecified atom stereocenters. The smallest absolute Gasteiger partial charge is 0.262 e. The molecule has 2 aromatic carbocycles. The van der Waals surface area contributed by atoms with Gasteiger partial charge in [0.1, 0.15) is 0 Å². The molecule has 2 N–H and O–H groups in total. The number of aryl methyl sites for hydroxylation is 2. The minimum Gasteiger partial charge on any atom is -0.321 e. The van der Waals surface area contributed by atoms with Crippen LogP contribution in [0.1, 0.15) is 27.0 Å². The summed E-state index contributed by atoms with van der Waals surface area (Å²) in [7, 11) is -3.85. The SMILES string of the molecule is Cc1ccc(C(=O)Nc2cccnc2)cc1S(=O)(=O)Nc1cccc(C)c1C. The van der Waals surface area contributed by atoms with Crippen LogP contribution in [0.4, 0.5) is 11.4 Å². The van der Waals surface area contributed by atoms with E-state index in [9.17, 15) is 13.2 Å². The van der Waals surface area contributed by atoms with Crippen molar-refractivity contribution >= 4 is 27.3 Å². The molecule has 3 rings (SSSR count). The second kappa shape index (κ2) is 7.82. The van der Waals surface area contributed by atoms with Gasteiger partial charge in [-0.2, -0.15) is 0 Å². The van der Waals surface area contributed by atoms with Crippen LogP contribution in [0, 0.1) is 20.8 Å². The number of carbonyl (C=O) groups is 1. The zero-order valence-corrected chi connectivity index (χ0v) is 16.7. The summed E-state index contributed by atoms with van der Waals surface area (Å²) in [6.45, 7) is 5.47. The van der Waals surface area contributed by atoms with E-state index in [2.05, 4.69) is 15.0 Å². The molecule has 0 aliphatic rings. The lowest BCUT2D eigenvalue weighted by atomic mass is 10.1. The lowest BCUT2D eigenvalue weighted by Gasteiger charge is -2.14. The van der Waals surface area contributed by atoms with E-state index in [1.54, 1.807) is 49.5 Å². The van der Waals surface area contributed by atoms with Gasteiger partial charge in [0, 0.05) is 11.8 Å². The van der Waals surface area contributed by atoms with Gasteiger partial charge in [0.25, 0.3) is 15.9 Å². The fourth-order valence-electron chi connectivity index (χ4n) is 2.73. The van der Waals surface area contributed by atoms with Crippen LogP contribution in [0.2, 0.25) is 0 Å². The van der Waals surface area contributed by atoms with Crippen LogP contribution in [0.15, 0.2) is 65.8 Å². The van der Waals surface area contributed by atoms with Gasteiger partial charge in [-0.15, -0.1) is 0 Å². The number of rotatable bonds is 5. The van der Waals surface area contributed by atoms with Gasteiger partial charge in [0.2, 0.25) is 0 Å². The van der Waals surface area contributed by atoms with Crippen molar-refractivity contribution in [3.63, 3.8) is 0 Å². The molecule has 0 bridgehead atoms. The van der Waals surface area contributed by atoms with Crippen molar-refractivity contribution in [3.8, 4) is 0 Å². The second-order valence-corrected chi connectivity index (χ2v) is 8.18. The van der Waals surface area contributed by atoms with E-state index in [0.29, 0.717) is 16.9 Å². The van der Waals surface area contributed by atoms with Crippen LogP contribution in [0.25, 0.3) is 0 Å². The fourth-order valence-corrected chi connectivity index (χ4v) is 4.13. The molecule has 7 heteroatoms. The number of benzene rings is 2. The zero-order chi connectivity index (χ0) is 20.3. The number of nitrogens with zero attached hydrogens (tertiary/aromatic N) is 1. The first-order valence-electron chi connectivity index (χ1n) is 8.69. The molecule has 6 nitrogen and oxygen atoms in total. The molecule has 0 radical (unpaired) electrons. The second-order valence-electron chi connectivity index (χ2n) is 6.53. The Kier molecular flexibility index (Phi) is 5.46. The van der Waals surface area contributed by atoms with Gasteiger partial charge in [-0.05, 0) is 67.8 Å². The van der Waals surface area contributed by atoms with Gasteiger partial charge in [-0.3, -0.25) is 14.5 Å². The quantitative estimate of drug-likeness (QED) is 0.682. The molecule has 0 saturated carbocycles. The number of sulfonamides is 1. The number of aromatic nitrogens is 1. The fraction of sp³-hybridized carbons (Fsp3) is 0.143. The van der Waals surface area contributed by atoms with E-state index in [-0.39, 0.29) is 10.5 Å². The maximum Gasteiger partial charge on any atom is 0.262 e. The predicted molar refractivity (Wildman–Crippen MR) is 110 cm³/mol. The molecule has 0 atom stereocenters. The Balaban J connectivity index is 1.92. The molecule has 0 aliphatic heterocycles. The molecule has 0 saturated heterocycles. The summed E-state index contributed by atoms with van der Waals surface area (Å²) in [4.78, 5) is 16.5. The van der Waals surface area contributed by atoms with Crippen molar-refractivity contribution in [2.24, 2.45) is 0 Å². The van der Waals surface area contributed by atoms with Crippen molar-refractivity contribution < 1.29 is 13.2 Å². The molecule has 28 heavy (non-hydrogen) atoms. The summed E-state index contributed by atoms with van der Waals surface area (Å²) in [5.41, 5.74) is 3.69. The Hall–Kier alpha value is -3.19. The van der Waals surface area contributed by atoms with Crippen LogP contribution in [0.5, 0.6) is 0 Å². The number of hydrogen-bond acceptors (Lipinski definition) is 4. The average molecular weight is 395 g/mol. The maximum absolute atomic E-state index is 13.0. The highest BCUT2D eigenvalue weighted by Crippen LogP contribution is 2.24. The molecular formula is C21H21N3O3S. The standard InChI is InChI=1S/C21H21N3O3S/c1-14-6-4-8-19(16(14)3)24-28(26,27)20-12-17(10-9-15(20)2)21(25)23-18-7-5-11-22-13-18/h4-13,24H,1-3H3,(H,23,25). The van der Waals surface area contributed by atoms with Gasteiger partial charge in [-0.1, -0.05) is 18.2 Å². The Morgan fingerprint density at radius 3 is 2.46 bits per heavy atom. The molecule has 1 amide bonds. The van der Waals surface area contributed by atoms with Crippen LogP contribution < -0.4 is 10.0 Å². The predicted octanol–water partition coefficient (Wildman–Crippen LogP) is 4.06. The van der Waals surface area contributed by atoms with Gasteiger partial charge in [-0.25, -0.2) is 8.42 Å². The first-order valence-corrected chi connectivity index (χ1v) is 10.2. The van der Waals surface area contributed by atoms with Crippen molar-refractivity contribution in [1.29, 1.82) is 0 Å². The summed E-state index contributed by atoms with van der Waals surface area (Å²) in [5, 5.41) is 2.71. The van der Waals surface area contributed by atoms with Crippen molar-refractivity contribution in [1.82, 2.24) is 4.98 Å². The van der Waals surface area contributed by atoms with Gasteiger partial charge in [0.05, 0.1) is 22.5 Å². The van der Waals surface area contributed by atoms with Crippen LogP contribution in [-0.2, 0) is 10.0 Å². The maximum atomic E-state index is 13.0. The first kappa shape index (κ1) is 19.6. The topological polar surface area (TPSA) is 88.2 Å². The summed E-state index contributed by atoms with van der Waals surface area (Å²) in [6, 6.07) is 13.4. The summed E-state index contributed by atoms with van der Waals surface area (Å²) in [6.07, 6.45) is 3.12. The Morgan fingerprint density at radius 2 is 1.75 bits per heavy atom. The first-order chi connectivity index (χ1) is 13.3.